The summed E-state index contributed by atoms with van der Waals surface area (Å²) in [5.74, 6) is 0.0123. The highest BCUT2D eigenvalue weighted by Gasteiger charge is 2.42. The van der Waals surface area contributed by atoms with Crippen molar-refractivity contribution in [1.82, 2.24) is 10.6 Å². The highest BCUT2D eigenvalue weighted by Crippen LogP contribution is 2.39. The molecule has 1 aromatic carbocycles. The van der Waals surface area contributed by atoms with Crippen LogP contribution in [0.25, 0.3) is 0 Å². The summed E-state index contributed by atoms with van der Waals surface area (Å²) < 4.78 is 0. The van der Waals surface area contributed by atoms with Crippen LogP contribution in [0.2, 0.25) is 0 Å². The van der Waals surface area contributed by atoms with Crippen molar-refractivity contribution in [2.45, 2.75) is 51.6 Å². The Labute approximate surface area is 137 Å². The second-order valence-electron chi connectivity index (χ2n) is 6.77. The number of aliphatic hydroxyl groups excluding tert-OH is 1. The van der Waals surface area contributed by atoms with Crippen molar-refractivity contribution >= 4 is 11.8 Å². The molecule has 23 heavy (non-hydrogen) atoms. The summed E-state index contributed by atoms with van der Waals surface area (Å²) in [7, 11) is 0. The zero-order valence-corrected chi connectivity index (χ0v) is 14.1. The van der Waals surface area contributed by atoms with Gasteiger partial charge in [-0.1, -0.05) is 29.8 Å². The van der Waals surface area contributed by atoms with Crippen LogP contribution in [0.1, 0.15) is 50.3 Å². The van der Waals surface area contributed by atoms with E-state index in [9.17, 15) is 14.7 Å². The standard InChI is InChI=1S/C18H26N2O3/c1-12-4-6-14(7-5-12)16(19-13(2)22)10-17(23)20-18(3,11-21)15-8-9-15/h4-7,15-16,21H,8-11H2,1-3H3,(H,19,22)(H,20,23). The molecule has 0 aromatic heterocycles. The molecule has 1 aliphatic rings. The molecule has 2 unspecified atom stereocenters. The van der Waals surface area contributed by atoms with Gasteiger partial charge >= 0.3 is 0 Å². The molecule has 0 saturated heterocycles. The Morgan fingerprint density at radius 1 is 1.30 bits per heavy atom. The lowest BCUT2D eigenvalue weighted by molar-refractivity contribution is -0.125. The predicted octanol–water partition coefficient (Wildman–Crippen LogP) is 1.84. The van der Waals surface area contributed by atoms with Crippen molar-refractivity contribution in [2.75, 3.05) is 6.61 Å². The van der Waals surface area contributed by atoms with Crippen molar-refractivity contribution in [1.29, 1.82) is 0 Å². The molecule has 1 saturated carbocycles. The van der Waals surface area contributed by atoms with Gasteiger partial charge < -0.3 is 15.7 Å². The smallest absolute Gasteiger partial charge is 0.222 e. The molecule has 0 radical (unpaired) electrons. The lowest BCUT2D eigenvalue weighted by atomic mass is 9.95. The van der Waals surface area contributed by atoms with E-state index in [1.807, 2.05) is 38.1 Å². The fourth-order valence-corrected chi connectivity index (χ4v) is 2.84. The molecular formula is C18H26N2O3. The van der Waals surface area contributed by atoms with E-state index in [-0.39, 0.29) is 30.9 Å². The summed E-state index contributed by atoms with van der Waals surface area (Å²) in [6.45, 7) is 5.24. The summed E-state index contributed by atoms with van der Waals surface area (Å²) in [6.07, 6.45) is 2.22. The van der Waals surface area contributed by atoms with E-state index in [1.54, 1.807) is 0 Å². The van der Waals surface area contributed by atoms with Gasteiger partial charge in [-0.3, -0.25) is 9.59 Å². The molecule has 3 N–H and O–H groups in total. The summed E-state index contributed by atoms with van der Waals surface area (Å²) >= 11 is 0. The molecule has 1 fully saturated rings. The van der Waals surface area contributed by atoms with E-state index in [0.29, 0.717) is 5.92 Å². The molecule has 0 aliphatic heterocycles. The maximum absolute atomic E-state index is 12.4. The Morgan fingerprint density at radius 2 is 1.91 bits per heavy atom. The van der Waals surface area contributed by atoms with Gasteiger partial charge in [0, 0.05) is 6.92 Å². The minimum absolute atomic E-state index is 0.0707. The third kappa shape index (κ3) is 4.79. The van der Waals surface area contributed by atoms with Crippen LogP contribution in [0, 0.1) is 12.8 Å². The van der Waals surface area contributed by atoms with E-state index in [2.05, 4.69) is 10.6 Å². The van der Waals surface area contributed by atoms with E-state index in [4.69, 9.17) is 0 Å². The number of carbonyl (C=O) groups is 2. The third-order valence-electron chi connectivity index (χ3n) is 4.48. The van der Waals surface area contributed by atoms with Crippen LogP contribution in [0.3, 0.4) is 0 Å². The molecule has 1 aromatic rings. The van der Waals surface area contributed by atoms with Gasteiger partial charge in [-0.05, 0) is 38.2 Å². The summed E-state index contributed by atoms with van der Waals surface area (Å²) in [4.78, 5) is 23.9. The van der Waals surface area contributed by atoms with Crippen LogP contribution < -0.4 is 10.6 Å². The van der Waals surface area contributed by atoms with Crippen LogP contribution in [-0.4, -0.2) is 29.1 Å². The highest BCUT2D eigenvalue weighted by atomic mass is 16.3. The van der Waals surface area contributed by atoms with E-state index in [1.165, 1.54) is 6.92 Å². The minimum Gasteiger partial charge on any atom is -0.394 e. The number of hydrogen-bond donors (Lipinski definition) is 3. The van der Waals surface area contributed by atoms with Gasteiger partial charge in [0.15, 0.2) is 0 Å². The van der Waals surface area contributed by atoms with Crippen molar-refractivity contribution in [2.24, 2.45) is 5.92 Å². The normalized spacial score (nSPS) is 17.9. The van der Waals surface area contributed by atoms with E-state index in [0.717, 1.165) is 24.0 Å². The molecule has 0 spiro atoms. The molecule has 2 rings (SSSR count). The second-order valence-corrected chi connectivity index (χ2v) is 6.77. The maximum atomic E-state index is 12.4. The summed E-state index contributed by atoms with van der Waals surface area (Å²) in [6, 6.07) is 7.41. The lowest BCUT2D eigenvalue weighted by Gasteiger charge is -2.30. The molecule has 5 nitrogen and oxygen atoms in total. The predicted molar refractivity (Wildman–Crippen MR) is 88.7 cm³/mol. The van der Waals surface area contributed by atoms with Gasteiger partial charge in [0.1, 0.15) is 0 Å². The fraction of sp³-hybridized carbons (Fsp3) is 0.556. The zero-order valence-electron chi connectivity index (χ0n) is 14.1. The van der Waals surface area contributed by atoms with Gasteiger partial charge in [0.25, 0.3) is 0 Å². The van der Waals surface area contributed by atoms with Crippen LogP contribution in [0.5, 0.6) is 0 Å². The van der Waals surface area contributed by atoms with Crippen LogP contribution in [-0.2, 0) is 9.59 Å². The average molecular weight is 318 g/mol. The van der Waals surface area contributed by atoms with Crippen LogP contribution in [0.15, 0.2) is 24.3 Å². The van der Waals surface area contributed by atoms with E-state index >= 15 is 0 Å². The van der Waals surface area contributed by atoms with E-state index < -0.39 is 5.54 Å². The quantitative estimate of drug-likeness (QED) is 0.718. The monoisotopic (exact) mass is 318 g/mol. The topological polar surface area (TPSA) is 78.4 Å². The average Bonchev–Trinajstić information content (AvgIpc) is 3.31. The molecule has 2 amide bonds. The molecule has 1 aliphatic carbocycles. The number of amides is 2. The lowest BCUT2D eigenvalue weighted by Crippen LogP contribution is -2.51. The Kier molecular flexibility index (Phi) is 5.42. The maximum Gasteiger partial charge on any atom is 0.222 e. The SMILES string of the molecule is CC(=O)NC(CC(=O)NC(C)(CO)C1CC1)c1ccc(C)cc1. The summed E-state index contributed by atoms with van der Waals surface area (Å²) in [5.41, 5.74) is 1.46. The third-order valence-corrected chi connectivity index (χ3v) is 4.48. The number of hydrogen-bond acceptors (Lipinski definition) is 3. The fourth-order valence-electron chi connectivity index (χ4n) is 2.84. The molecule has 0 heterocycles. The molecule has 0 bridgehead atoms. The Balaban J connectivity index is 2.06. The first kappa shape index (κ1) is 17.5. The van der Waals surface area contributed by atoms with Gasteiger partial charge in [0.2, 0.25) is 11.8 Å². The first-order chi connectivity index (χ1) is 10.8. The van der Waals surface area contributed by atoms with Crippen LogP contribution in [0.4, 0.5) is 0 Å². The van der Waals surface area contributed by atoms with Gasteiger partial charge in [0.05, 0.1) is 24.6 Å². The molecular weight excluding hydrogens is 292 g/mol. The zero-order chi connectivity index (χ0) is 17.0. The first-order valence-corrected chi connectivity index (χ1v) is 8.09. The van der Waals surface area contributed by atoms with Crippen molar-refractivity contribution in [3.8, 4) is 0 Å². The number of carbonyl (C=O) groups excluding carboxylic acids is 2. The van der Waals surface area contributed by atoms with Crippen molar-refractivity contribution in [3.63, 3.8) is 0 Å². The Hall–Kier alpha value is -1.88. The number of aryl methyl sites for hydroxylation is 1. The summed E-state index contributed by atoms with van der Waals surface area (Å²) in [5, 5.41) is 15.4. The number of rotatable bonds is 7. The largest absolute Gasteiger partial charge is 0.394 e. The van der Waals surface area contributed by atoms with Crippen molar-refractivity contribution in [3.05, 3.63) is 35.4 Å². The van der Waals surface area contributed by atoms with Crippen LogP contribution >= 0.6 is 0 Å². The Bertz CT molecular complexity index is 566. The number of aliphatic hydroxyl groups is 1. The highest BCUT2D eigenvalue weighted by molar-refractivity contribution is 5.79. The van der Waals surface area contributed by atoms with Gasteiger partial charge in [-0.15, -0.1) is 0 Å². The molecule has 2 atom stereocenters. The second kappa shape index (κ2) is 7.13. The van der Waals surface area contributed by atoms with Crippen molar-refractivity contribution < 1.29 is 14.7 Å². The van der Waals surface area contributed by atoms with Gasteiger partial charge in [-0.25, -0.2) is 0 Å². The molecule has 126 valence electrons. The van der Waals surface area contributed by atoms with Gasteiger partial charge in [-0.2, -0.15) is 0 Å². The molecule has 5 heteroatoms. The number of benzene rings is 1. The minimum atomic E-state index is -0.564. The number of nitrogens with one attached hydrogen (secondary N) is 2. The Morgan fingerprint density at radius 3 is 2.39 bits per heavy atom. The first-order valence-electron chi connectivity index (χ1n) is 8.09.